The standard InChI is InChI=1S/C6H8N2OS/c1-3-5-6(4(2)9)8-10-7-5/h3H2,1-2H3. The Morgan fingerprint density at radius 3 is 2.70 bits per heavy atom. The molecule has 3 nitrogen and oxygen atoms in total. The Kier molecular flexibility index (Phi) is 2.11. The van der Waals surface area contributed by atoms with Crippen molar-refractivity contribution < 1.29 is 4.79 Å². The summed E-state index contributed by atoms with van der Waals surface area (Å²) in [5, 5.41) is 0. The van der Waals surface area contributed by atoms with E-state index in [1.807, 2.05) is 6.92 Å². The van der Waals surface area contributed by atoms with Crippen LogP contribution in [0.2, 0.25) is 0 Å². The van der Waals surface area contributed by atoms with Crippen LogP contribution >= 0.6 is 11.7 Å². The fraction of sp³-hybridized carbons (Fsp3) is 0.500. The highest BCUT2D eigenvalue weighted by Gasteiger charge is 2.09. The Bertz CT molecular complexity index is 244. The van der Waals surface area contributed by atoms with Gasteiger partial charge >= 0.3 is 0 Å². The van der Waals surface area contributed by atoms with E-state index in [4.69, 9.17) is 0 Å². The maximum Gasteiger partial charge on any atom is 0.181 e. The van der Waals surface area contributed by atoms with Gasteiger partial charge in [0, 0.05) is 6.92 Å². The topological polar surface area (TPSA) is 42.9 Å². The molecular formula is C6H8N2OS. The molecule has 1 aromatic heterocycles. The second-order valence-electron chi connectivity index (χ2n) is 1.97. The van der Waals surface area contributed by atoms with Crippen LogP contribution in [0.4, 0.5) is 0 Å². The van der Waals surface area contributed by atoms with Crippen molar-refractivity contribution >= 4 is 17.5 Å². The first kappa shape index (κ1) is 7.34. The highest BCUT2D eigenvalue weighted by molar-refractivity contribution is 6.99. The molecule has 10 heavy (non-hydrogen) atoms. The van der Waals surface area contributed by atoms with E-state index in [1.54, 1.807) is 0 Å². The van der Waals surface area contributed by atoms with E-state index in [1.165, 1.54) is 6.92 Å². The largest absolute Gasteiger partial charge is 0.293 e. The van der Waals surface area contributed by atoms with Gasteiger partial charge in [0.2, 0.25) is 0 Å². The lowest BCUT2D eigenvalue weighted by Crippen LogP contribution is -1.96. The molecule has 1 aromatic rings. The number of hydrogen-bond acceptors (Lipinski definition) is 4. The van der Waals surface area contributed by atoms with Gasteiger partial charge in [0.1, 0.15) is 5.69 Å². The van der Waals surface area contributed by atoms with Crippen molar-refractivity contribution in [3.8, 4) is 0 Å². The number of carbonyl (C=O) groups is 1. The average Bonchev–Trinajstić information content (AvgIpc) is 2.33. The van der Waals surface area contributed by atoms with Gasteiger partial charge in [-0.1, -0.05) is 6.92 Å². The van der Waals surface area contributed by atoms with Crippen molar-refractivity contribution in [2.24, 2.45) is 0 Å². The Morgan fingerprint density at radius 2 is 2.30 bits per heavy atom. The molecule has 1 heterocycles. The molecule has 0 aliphatic carbocycles. The first-order valence-electron chi connectivity index (χ1n) is 3.08. The van der Waals surface area contributed by atoms with E-state index in [0.717, 1.165) is 23.8 Å². The lowest BCUT2D eigenvalue weighted by Gasteiger charge is -1.88. The molecule has 0 N–H and O–H groups in total. The van der Waals surface area contributed by atoms with Gasteiger partial charge in [-0.2, -0.15) is 8.75 Å². The maximum absolute atomic E-state index is 10.8. The van der Waals surface area contributed by atoms with Crippen LogP contribution in [0.15, 0.2) is 0 Å². The monoisotopic (exact) mass is 156 g/mol. The van der Waals surface area contributed by atoms with Crippen LogP contribution in [0.3, 0.4) is 0 Å². The molecule has 0 saturated carbocycles. The first-order chi connectivity index (χ1) is 4.75. The number of carbonyl (C=O) groups excluding carboxylic acids is 1. The summed E-state index contributed by atoms with van der Waals surface area (Å²) >= 11 is 1.10. The van der Waals surface area contributed by atoms with Gasteiger partial charge in [-0.25, -0.2) is 0 Å². The number of ketones is 1. The highest BCUT2D eigenvalue weighted by atomic mass is 32.1. The van der Waals surface area contributed by atoms with Crippen molar-refractivity contribution in [3.05, 3.63) is 11.4 Å². The normalized spacial score (nSPS) is 9.80. The van der Waals surface area contributed by atoms with E-state index in [0.29, 0.717) is 5.69 Å². The summed E-state index contributed by atoms with van der Waals surface area (Å²) in [4.78, 5) is 10.8. The molecule has 0 unspecified atom stereocenters. The summed E-state index contributed by atoms with van der Waals surface area (Å²) < 4.78 is 7.83. The van der Waals surface area contributed by atoms with E-state index in [-0.39, 0.29) is 5.78 Å². The highest BCUT2D eigenvalue weighted by Crippen LogP contribution is 2.06. The van der Waals surface area contributed by atoms with Crippen LogP contribution in [0.1, 0.15) is 30.0 Å². The fourth-order valence-corrected chi connectivity index (χ4v) is 1.38. The maximum atomic E-state index is 10.8. The van der Waals surface area contributed by atoms with Crippen molar-refractivity contribution in [2.45, 2.75) is 20.3 Å². The predicted octanol–water partition coefficient (Wildman–Crippen LogP) is 1.30. The van der Waals surface area contributed by atoms with Crippen molar-refractivity contribution in [1.29, 1.82) is 0 Å². The zero-order valence-corrected chi connectivity index (χ0v) is 6.73. The number of rotatable bonds is 2. The van der Waals surface area contributed by atoms with Gasteiger partial charge in [-0.3, -0.25) is 4.79 Å². The Morgan fingerprint density at radius 1 is 1.60 bits per heavy atom. The lowest BCUT2D eigenvalue weighted by atomic mass is 10.2. The third-order valence-electron chi connectivity index (χ3n) is 1.22. The lowest BCUT2D eigenvalue weighted by molar-refractivity contribution is 0.101. The third-order valence-corrected chi connectivity index (χ3v) is 1.79. The quantitative estimate of drug-likeness (QED) is 0.606. The van der Waals surface area contributed by atoms with Gasteiger partial charge in [0.25, 0.3) is 0 Å². The minimum Gasteiger partial charge on any atom is -0.293 e. The molecule has 0 amide bonds. The van der Waals surface area contributed by atoms with Crippen LogP contribution in [0, 0.1) is 0 Å². The minimum atomic E-state index is 0.00519. The smallest absolute Gasteiger partial charge is 0.181 e. The Hall–Kier alpha value is -0.770. The van der Waals surface area contributed by atoms with E-state index in [2.05, 4.69) is 8.75 Å². The predicted molar refractivity (Wildman–Crippen MR) is 39.3 cm³/mol. The summed E-state index contributed by atoms with van der Waals surface area (Å²) in [5.41, 5.74) is 1.35. The van der Waals surface area contributed by atoms with Gasteiger partial charge < -0.3 is 0 Å². The second kappa shape index (κ2) is 2.88. The summed E-state index contributed by atoms with van der Waals surface area (Å²) in [7, 11) is 0. The molecule has 1 rings (SSSR count). The van der Waals surface area contributed by atoms with Gasteiger partial charge in [-0.15, -0.1) is 0 Å². The molecule has 0 radical (unpaired) electrons. The van der Waals surface area contributed by atoms with Crippen LogP contribution in [-0.2, 0) is 6.42 Å². The Balaban J connectivity index is 3.01. The first-order valence-corrected chi connectivity index (χ1v) is 3.81. The van der Waals surface area contributed by atoms with Gasteiger partial charge in [0.05, 0.1) is 17.4 Å². The summed E-state index contributed by atoms with van der Waals surface area (Å²) in [5.74, 6) is 0.00519. The van der Waals surface area contributed by atoms with Crippen molar-refractivity contribution in [2.75, 3.05) is 0 Å². The van der Waals surface area contributed by atoms with Crippen molar-refractivity contribution in [3.63, 3.8) is 0 Å². The van der Waals surface area contributed by atoms with Crippen LogP contribution in [-0.4, -0.2) is 14.5 Å². The van der Waals surface area contributed by atoms with Crippen LogP contribution in [0.25, 0.3) is 0 Å². The van der Waals surface area contributed by atoms with Crippen LogP contribution in [0.5, 0.6) is 0 Å². The number of aromatic nitrogens is 2. The molecule has 0 bridgehead atoms. The number of nitrogens with zero attached hydrogens (tertiary/aromatic N) is 2. The average molecular weight is 156 g/mol. The van der Waals surface area contributed by atoms with E-state index < -0.39 is 0 Å². The summed E-state index contributed by atoms with van der Waals surface area (Å²) in [6, 6.07) is 0. The molecule has 0 spiro atoms. The van der Waals surface area contributed by atoms with E-state index >= 15 is 0 Å². The molecule has 0 aromatic carbocycles. The summed E-state index contributed by atoms with van der Waals surface area (Å²) in [6.07, 6.45) is 0.783. The molecule has 0 atom stereocenters. The van der Waals surface area contributed by atoms with Crippen molar-refractivity contribution in [1.82, 2.24) is 8.75 Å². The fourth-order valence-electron chi connectivity index (χ4n) is 0.706. The zero-order valence-electron chi connectivity index (χ0n) is 5.92. The number of hydrogen-bond donors (Lipinski definition) is 0. The number of Topliss-reactive ketones (excluding diaryl/α,β-unsaturated/α-hetero) is 1. The molecule has 4 heteroatoms. The van der Waals surface area contributed by atoms with Gasteiger partial charge in [-0.05, 0) is 6.42 Å². The van der Waals surface area contributed by atoms with Crippen LogP contribution < -0.4 is 0 Å². The molecule has 0 aliphatic heterocycles. The number of aryl methyl sites for hydroxylation is 1. The molecule has 54 valence electrons. The molecule has 0 fully saturated rings. The Labute approximate surface area is 63.4 Å². The van der Waals surface area contributed by atoms with E-state index in [9.17, 15) is 4.79 Å². The minimum absolute atomic E-state index is 0.00519. The zero-order chi connectivity index (χ0) is 7.56. The molecular weight excluding hydrogens is 148 g/mol. The second-order valence-corrected chi connectivity index (χ2v) is 2.50. The summed E-state index contributed by atoms with van der Waals surface area (Å²) in [6.45, 7) is 3.47. The molecule has 0 saturated heterocycles. The SMILES string of the molecule is CCc1nsnc1C(C)=O. The molecule has 0 aliphatic rings. The third kappa shape index (κ3) is 1.21. The van der Waals surface area contributed by atoms with Gasteiger partial charge in [0.15, 0.2) is 5.78 Å².